The molecule has 1 aromatic carbocycles. The van der Waals surface area contributed by atoms with E-state index in [0.717, 1.165) is 12.3 Å². The molecule has 0 atom stereocenters. The molecule has 0 saturated heterocycles. The van der Waals surface area contributed by atoms with Gasteiger partial charge in [-0.3, -0.25) is 9.89 Å². The molecule has 23 heavy (non-hydrogen) atoms. The molecule has 0 bridgehead atoms. The average molecular weight is 348 g/mol. The topological polar surface area (TPSA) is 39.7 Å². The number of hydrogen-bond acceptors (Lipinski definition) is 3. The van der Waals surface area contributed by atoms with E-state index in [4.69, 9.17) is 0 Å². The SMILES string of the molecule is CN=C(NCCSc1ccccc1)NCCN(C)CC(F)(F)F. The molecule has 0 unspecified atom stereocenters. The van der Waals surface area contributed by atoms with Crippen molar-refractivity contribution < 1.29 is 13.2 Å². The van der Waals surface area contributed by atoms with Crippen molar-refractivity contribution in [2.75, 3.05) is 46.0 Å². The molecule has 2 N–H and O–H groups in total. The minimum absolute atomic E-state index is 0.291. The van der Waals surface area contributed by atoms with Gasteiger partial charge in [-0.15, -0.1) is 11.8 Å². The van der Waals surface area contributed by atoms with Gasteiger partial charge in [0.15, 0.2) is 5.96 Å². The summed E-state index contributed by atoms with van der Waals surface area (Å²) in [5, 5.41) is 6.14. The van der Waals surface area contributed by atoms with Gasteiger partial charge in [-0.05, 0) is 19.2 Å². The molecule has 0 aromatic heterocycles. The van der Waals surface area contributed by atoms with E-state index < -0.39 is 12.7 Å². The second-order valence-electron chi connectivity index (χ2n) is 4.94. The van der Waals surface area contributed by atoms with Gasteiger partial charge in [0, 0.05) is 37.3 Å². The molecule has 1 aromatic rings. The standard InChI is InChI=1S/C15H23F3N4S/c1-19-14(20-8-10-22(2)12-15(16,17)18)21-9-11-23-13-6-4-3-5-7-13/h3-7H,8-12H2,1-2H3,(H2,19,20,21). The van der Waals surface area contributed by atoms with Crippen molar-refractivity contribution in [2.45, 2.75) is 11.1 Å². The van der Waals surface area contributed by atoms with Crippen LogP contribution in [-0.2, 0) is 0 Å². The molecule has 8 heteroatoms. The molecule has 0 fully saturated rings. The van der Waals surface area contributed by atoms with Crippen LogP contribution >= 0.6 is 11.8 Å². The van der Waals surface area contributed by atoms with Crippen molar-refractivity contribution in [3.8, 4) is 0 Å². The molecular weight excluding hydrogens is 325 g/mol. The molecule has 0 amide bonds. The first-order chi connectivity index (χ1) is 10.9. The summed E-state index contributed by atoms with van der Waals surface area (Å²) in [5.41, 5.74) is 0. The van der Waals surface area contributed by atoms with E-state index in [1.165, 1.54) is 16.8 Å². The fourth-order valence-corrected chi connectivity index (χ4v) is 2.62. The second-order valence-corrected chi connectivity index (χ2v) is 6.11. The van der Waals surface area contributed by atoms with Crippen LogP contribution in [0, 0.1) is 0 Å². The Kier molecular flexibility index (Phi) is 8.86. The molecule has 0 aliphatic heterocycles. The maximum absolute atomic E-state index is 12.2. The zero-order chi connectivity index (χ0) is 17.1. The summed E-state index contributed by atoms with van der Waals surface area (Å²) in [7, 11) is 3.08. The van der Waals surface area contributed by atoms with E-state index in [1.54, 1.807) is 18.8 Å². The number of nitrogens with one attached hydrogen (secondary N) is 2. The lowest BCUT2D eigenvalue weighted by Gasteiger charge is -2.19. The molecule has 0 radical (unpaired) electrons. The Morgan fingerprint density at radius 3 is 2.43 bits per heavy atom. The highest BCUT2D eigenvalue weighted by atomic mass is 32.2. The Morgan fingerprint density at radius 1 is 1.17 bits per heavy atom. The van der Waals surface area contributed by atoms with Gasteiger partial charge in [-0.1, -0.05) is 18.2 Å². The van der Waals surface area contributed by atoms with Crippen molar-refractivity contribution >= 4 is 17.7 Å². The third-order valence-electron chi connectivity index (χ3n) is 2.87. The van der Waals surface area contributed by atoms with Gasteiger partial charge in [-0.2, -0.15) is 13.2 Å². The minimum Gasteiger partial charge on any atom is -0.356 e. The van der Waals surface area contributed by atoms with Crippen LogP contribution in [-0.4, -0.2) is 63.1 Å². The monoisotopic (exact) mass is 348 g/mol. The number of thioether (sulfide) groups is 1. The first-order valence-corrected chi connectivity index (χ1v) is 8.27. The van der Waals surface area contributed by atoms with Gasteiger partial charge >= 0.3 is 6.18 Å². The second kappa shape index (κ2) is 10.4. The Balaban J connectivity index is 2.15. The zero-order valence-corrected chi connectivity index (χ0v) is 14.2. The van der Waals surface area contributed by atoms with Gasteiger partial charge in [0.25, 0.3) is 0 Å². The molecule has 0 spiro atoms. The highest BCUT2D eigenvalue weighted by Gasteiger charge is 2.28. The summed E-state index contributed by atoms with van der Waals surface area (Å²) in [4.78, 5) is 6.48. The number of hydrogen-bond donors (Lipinski definition) is 2. The summed E-state index contributed by atoms with van der Waals surface area (Å²) in [6.07, 6.45) is -4.16. The number of aliphatic imine (C=N–C) groups is 1. The van der Waals surface area contributed by atoms with E-state index >= 15 is 0 Å². The van der Waals surface area contributed by atoms with E-state index in [9.17, 15) is 13.2 Å². The zero-order valence-electron chi connectivity index (χ0n) is 13.4. The van der Waals surface area contributed by atoms with Crippen molar-refractivity contribution in [3.63, 3.8) is 0 Å². The maximum Gasteiger partial charge on any atom is 0.401 e. The lowest BCUT2D eigenvalue weighted by molar-refractivity contribution is -0.142. The molecule has 0 heterocycles. The van der Waals surface area contributed by atoms with Crippen molar-refractivity contribution in [3.05, 3.63) is 30.3 Å². The molecule has 1 rings (SSSR count). The van der Waals surface area contributed by atoms with Gasteiger partial charge in [0.1, 0.15) is 0 Å². The average Bonchev–Trinajstić information content (AvgIpc) is 2.49. The van der Waals surface area contributed by atoms with E-state index in [1.807, 2.05) is 30.3 Å². The Morgan fingerprint density at radius 2 is 1.83 bits per heavy atom. The third-order valence-corrected chi connectivity index (χ3v) is 3.88. The van der Waals surface area contributed by atoms with Gasteiger partial charge < -0.3 is 10.6 Å². The summed E-state index contributed by atoms with van der Waals surface area (Å²) in [5.74, 6) is 1.47. The van der Waals surface area contributed by atoms with Crippen LogP contribution in [0.25, 0.3) is 0 Å². The summed E-state index contributed by atoms with van der Waals surface area (Å²) in [6, 6.07) is 10.1. The van der Waals surface area contributed by atoms with Crippen molar-refractivity contribution in [2.24, 2.45) is 4.99 Å². The Labute approximate surface area is 139 Å². The first-order valence-electron chi connectivity index (χ1n) is 7.28. The lowest BCUT2D eigenvalue weighted by Crippen LogP contribution is -2.43. The Hall–Kier alpha value is -1.41. The molecule has 0 aliphatic rings. The summed E-state index contributed by atoms with van der Waals surface area (Å²) in [6.45, 7) is 0.503. The number of guanidine groups is 1. The van der Waals surface area contributed by atoms with E-state index in [0.29, 0.717) is 19.0 Å². The molecule has 0 saturated carbocycles. The molecule has 0 aliphatic carbocycles. The van der Waals surface area contributed by atoms with Crippen LogP contribution in [0.4, 0.5) is 13.2 Å². The third kappa shape index (κ3) is 10.1. The number of likely N-dealkylation sites (N-methyl/N-ethyl adjacent to an activating group) is 1. The van der Waals surface area contributed by atoms with E-state index in [-0.39, 0.29) is 0 Å². The van der Waals surface area contributed by atoms with Crippen molar-refractivity contribution in [1.82, 2.24) is 15.5 Å². The maximum atomic E-state index is 12.2. The largest absolute Gasteiger partial charge is 0.401 e. The van der Waals surface area contributed by atoms with Crippen LogP contribution in [0.5, 0.6) is 0 Å². The summed E-state index contributed by atoms with van der Waals surface area (Å²) < 4.78 is 36.6. The first kappa shape index (κ1) is 19.6. The number of alkyl halides is 3. The lowest BCUT2D eigenvalue weighted by atomic mass is 10.4. The highest BCUT2D eigenvalue weighted by Crippen LogP contribution is 2.16. The molecule has 4 nitrogen and oxygen atoms in total. The fourth-order valence-electron chi connectivity index (χ4n) is 1.83. The minimum atomic E-state index is -4.16. The fraction of sp³-hybridized carbons (Fsp3) is 0.533. The van der Waals surface area contributed by atoms with Crippen LogP contribution in [0.1, 0.15) is 0 Å². The summed E-state index contributed by atoms with van der Waals surface area (Å²) >= 11 is 1.73. The van der Waals surface area contributed by atoms with Gasteiger partial charge in [-0.25, -0.2) is 0 Å². The number of rotatable bonds is 8. The quantitative estimate of drug-likeness (QED) is 0.328. The Bertz CT molecular complexity index is 466. The predicted octanol–water partition coefficient (Wildman–Crippen LogP) is 2.44. The number of nitrogens with zero attached hydrogens (tertiary/aromatic N) is 2. The highest BCUT2D eigenvalue weighted by molar-refractivity contribution is 7.99. The molecule has 130 valence electrons. The van der Waals surface area contributed by atoms with Crippen LogP contribution < -0.4 is 10.6 Å². The van der Waals surface area contributed by atoms with Gasteiger partial charge in [0.05, 0.1) is 6.54 Å². The smallest absolute Gasteiger partial charge is 0.356 e. The number of benzene rings is 1. The van der Waals surface area contributed by atoms with Crippen molar-refractivity contribution in [1.29, 1.82) is 0 Å². The normalized spacial score (nSPS) is 12.5. The van der Waals surface area contributed by atoms with Gasteiger partial charge in [0.2, 0.25) is 0 Å². The number of halogens is 3. The van der Waals surface area contributed by atoms with E-state index in [2.05, 4.69) is 15.6 Å². The molecular formula is C15H23F3N4S. The van der Waals surface area contributed by atoms with Crippen LogP contribution in [0.2, 0.25) is 0 Å². The van der Waals surface area contributed by atoms with Crippen LogP contribution in [0.15, 0.2) is 40.2 Å². The van der Waals surface area contributed by atoms with Crippen LogP contribution in [0.3, 0.4) is 0 Å². The predicted molar refractivity (Wildman–Crippen MR) is 90.1 cm³/mol.